The van der Waals surface area contributed by atoms with E-state index in [1.165, 1.54) is 7.11 Å². The molecule has 0 bridgehead atoms. The van der Waals surface area contributed by atoms with Crippen molar-refractivity contribution in [3.8, 4) is 0 Å². The minimum atomic E-state index is -1.84. The van der Waals surface area contributed by atoms with Crippen LogP contribution in [-0.2, 0) is 28.4 Å². The van der Waals surface area contributed by atoms with E-state index in [0.29, 0.717) is 0 Å². The Morgan fingerprint density at radius 2 is 1.00 bits per heavy atom. The first-order valence-electron chi connectivity index (χ1n) is 11.1. The van der Waals surface area contributed by atoms with Gasteiger partial charge < -0.3 is 80.1 Å². The van der Waals surface area contributed by atoms with E-state index in [-0.39, 0.29) is 6.54 Å². The summed E-state index contributed by atoms with van der Waals surface area (Å²) in [5.74, 6) is 0. The van der Waals surface area contributed by atoms with Gasteiger partial charge in [-0.05, 0) is 0 Å². The molecule has 0 aliphatic carbocycles. The molecule has 11 N–H and O–H groups in total. The first-order valence-corrected chi connectivity index (χ1v) is 11.1. The average molecular weight is 517 g/mol. The first kappa shape index (κ1) is 28.9. The number of rotatable bonds is 8. The summed E-state index contributed by atoms with van der Waals surface area (Å²) in [7, 11) is 1.25. The third-order valence-electron chi connectivity index (χ3n) is 6.36. The molecule has 0 saturated carbocycles. The molecule has 3 aliphatic rings. The molecule has 16 nitrogen and oxygen atoms in total. The van der Waals surface area contributed by atoms with Gasteiger partial charge in [-0.2, -0.15) is 0 Å². The summed E-state index contributed by atoms with van der Waals surface area (Å²) in [6.45, 7) is -1.67. The minimum absolute atomic E-state index is 0.175. The molecule has 0 spiro atoms. The number of hydrogen-bond acceptors (Lipinski definition) is 16. The molecule has 3 heterocycles. The van der Waals surface area contributed by atoms with Crippen molar-refractivity contribution < 1.29 is 74.4 Å². The Hall–Kier alpha value is -0.640. The summed E-state index contributed by atoms with van der Waals surface area (Å²) in [4.78, 5) is 0. The van der Waals surface area contributed by atoms with Crippen LogP contribution in [0.1, 0.15) is 0 Å². The van der Waals surface area contributed by atoms with Crippen LogP contribution in [0.3, 0.4) is 0 Å². The van der Waals surface area contributed by atoms with Gasteiger partial charge in [0.15, 0.2) is 18.9 Å². The Morgan fingerprint density at radius 1 is 0.571 bits per heavy atom. The van der Waals surface area contributed by atoms with E-state index in [0.717, 1.165) is 0 Å². The molecular formula is C19H35NO15. The summed E-state index contributed by atoms with van der Waals surface area (Å²) >= 11 is 0. The molecule has 0 radical (unpaired) electrons. The summed E-state index contributed by atoms with van der Waals surface area (Å²) in [5, 5.41) is 91.1. The van der Waals surface area contributed by atoms with Gasteiger partial charge in [0, 0.05) is 13.7 Å². The second-order valence-corrected chi connectivity index (χ2v) is 8.60. The summed E-state index contributed by atoms with van der Waals surface area (Å²) in [5.41, 5.74) is 5.66. The second-order valence-electron chi connectivity index (χ2n) is 8.60. The Balaban J connectivity index is 1.72. The van der Waals surface area contributed by atoms with Gasteiger partial charge in [-0.25, -0.2) is 0 Å². The van der Waals surface area contributed by atoms with Crippen LogP contribution < -0.4 is 5.73 Å². The molecule has 15 atom stereocenters. The van der Waals surface area contributed by atoms with Crippen molar-refractivity contribution in [3.05, 3.63) is 0 Å². The van der Waals surface area contributed by atoms with Gasteiger partial charge >= 0.3 is 0 Å². The van der Waals surface area contributed by atoms with Crippen molar-refractivity contribution in [1.29, 1.82) is 0 Å². The van der Waals surface area contributed by atoms with Crippen molar-refractivity contribution >= 4 is 0 Å². The van der Waals surface area contributed by atoms with Crippen LogP contribution in [0.15, 0.2) is 0 Å². The second kappa shape index (κ2) is 12.3. The van der Waals surface area contributed by atoms with Gasteiger partial charge in [0.05, 0.1) is 13.2 Å². The fourth-order valence-electron chi connectivity index (χ4n) is 4.28. The van der Waals surface area contributed by atoms with Crippen LogP contribution in [0.2, 0.25) is 0 Å². The highest BCUT2D eigenvalue weighted by Gasteiger charge is 2.53. The molecule has 3 aliphatic heterocycles. The minimum Gasteiger partial charge on any atom is -0.394 e. The lowest BCUT2D eigenvalue weighted by molar-refractivity contribution is -0.377. The van der Waals surface area contributed by atoms with Crippen molar-refractivity contribution in [2.75, 3.05) is 26.9 Å². The third-order valence-corrected chi connectivity index (χ3v) is 6.36. The zero-order valence-corrected chi connectivity index (χ0v) is 18.8. The number of hydrogen-bond donors (Lipinski definition) is 10. The lowest BCUT2D eigenvalue weighted by atomic mass is 9.96. The molecule has 3 rings (SSSR count). The highest BCUT2D eigenvalue weighted by molar-refractivity contribution is 4.96. The molecule has 0 aromatic rings. The molecule has 206 valence electrons. The predicted octanol–water partition coefficient (Wildman–Crippen LogP) is -6.95. The normalized spacial score (nSPS) is 51.3. The van der Waals surface area contributed by atoms with Crippen LogP contribution in [-0.4, -0.2) is 165 Å². The van der Waals surface area contributed by atoms with Crippen molar-refractivity contribution in [1.82, 2.24) is 0 Å². The van der Waals surface area contributed by atoms with E-state index in [4.69, 9.17) is 34.2 Å². The lowest BCUT2D eigenvalue weighted by Crippen LogP contribution is -2.66. The zero-order chi connectivity index (χ0) is 26.0. The Bertz CT molecular complexity index is 656. The number of ether oxygens (including phenoxy) is 6. The predicted molar refractivity (Wildman–Crippen MR) is 108 cm³/mol. The van der Waals surface area contributed by atoms with Gasteiger partial charge in [0.25, 0.3) is 0 Å². The third kappa shape index (κ3) is 5.78. The topological polar surface area (TPSA) is 263 Å². The fraction of sp³-hybridized carbons (Fsp3) is 1.00. The van der Waals surface area contributed by atoms with E-state index in [9.17, 15) is 46.0 Å². The standard InChI is InChI=1S/C19H35NO15/c1-30-17-13(28)10(25)15(5(2-20)31-17)34-19-14(29)11(26)16(7(4-22)33-19)35-18-12(27)9(24)8(23)6(3-21)32-18/h5-19,21-29H,2-4,20H2,1H3/t5-,6-,7-,8-,9+,10-,11-,12-,13-,14-,15-,16-,17-,18-,19-/m1/s1. The SMILES string of the molecule is CO[C@@H]1O[C@H](CN)[C@@H](O[C@H]2O[C@H](CO)[C@@H](O[C@H]3O[C@H](CO)[C@@H](O)[C@H](O)[C@H]3O)[C@H](O)[C@H]2O)[C@H](O)[C@H]1O. The maximum Gasteiger partial charge on any atom is 0.187 e. The molecule has 0 unspecified atom stereocenters. The molecular weight excluding hydrogens is 482 g/mol. The van der Waals surface area contributed by atoms with Crippen molar-refractivity contribution in [3.63, 3.8) is 0 Å². The molecule has 16 heteroatoms. The van der Waals surface area contributed by atoms with Crippen LogP contribution >= 0.6 is 0 Å². The number of aliphatic hydroxyl groups is 9. The van der Waals surface area contributed by atoms with Crippen LogP contribution in [0.5, 0.6) is 0 Å². The van der Waals surface area contributed by atoms with Crippen LogP contribution in [0.4, 0.5) is 0 Å². The van der Waals surface area contributed by atoms with Crippen LogP contribution in [0, 0.1) is 0 Å². The number of methoxy groups -OCH3 is 1. The summed E-state index contributed by atoms with van der Waals surface area (Å²) in [6.07, 6.45) is -23.0. The quantitative estimate of drug-likeness (QED) is 0.143. The maximum absolute atomic E-state index is 10.7. The monoisotopic (exact) mass is 517 g/mol. The number of aliphatic hydroxyl groups excluding tert-OH is 9. The van der Waals surface area contributed by atoms with Gasteiger partial charge in [-0.3, -0.25) is 0 Å². The molecule has 0 aromatic heterocycles. The first-order chi connectivity index (χ1) is 16.6. The molecule has 0 aromatic carbocycles. The van der Waals surface area contributed by atoms with E-state index in [2.05, 4.69) is 0 Å². The smallest absolute Gasteiger partial charge is 0.187 e. The molecule has 0 amide bonds. The molecule has 35 heavy (non-hydrogen) atoms. The highest BCUT2D eigenvalue weighted by Crippen LogP contribution is 2.32. The van der Waals surface area contributed by atoms with E-state index in [1.807, 2.05) is 0 Å². The fourth-order valence-corrected chi connectivity index (χ4v) is 4.28. The Kier molecular flexibility index (Phi) is 10.1. The van der Waals surface area contributed by atoms with E-state index >= 15 is 0 Å². The van der Waals surface area contributed by atoms with Gasteiger partial charge in [-0.1, -0.05) is 0 Å². The van der Waals surface area contributed by atoms with E-state index < -0.39 is 105 Å². The van der Waals surface area contributed by atoms with E-state index in [1.54, 1.807) is 0 Å². The maximum atomic E-state index is 10.7. The molecule has 3 saturated heterocycles. The Labute approximate surface area is 199 Å². The van der Waals surface area contributed by atoms with Crippen LogP contribution in [0.25, 0.3) is 0 Å². The Morgan fingerprint density at radius 3 is 1.49 bits per heavy atom. The molecule has 3 fully saturated rings. The zero-order valence-electron chi connectivity index (χ0n) is 18.8. The van der Waals surface area contributed by atoms with Gasteiger partial charge in [0.1, 0.15) is 73.2 Å². The summed E-state index contributed by atoms with van der Waals surface area (Å²) < 4.78 is 32.2. The largest absolute Gasteiger partial charge is 0.394 e. The van der Waals surface area contributed by atoms with Crippen molar-refractivity contribution in [2.45, 2.75) is 92.1 Å². The van der Waals surface area contributed by atoms with Gasteiger partial charge in [0.2, 0.25) is 0 Å². The summed E-state index contributed by atoms with van der Waals surface area (Å²) in [6, 6.07) is 0. The van der Waals surface area contributed by atoms with Gasteiger partial charge in [-0.15, -0.1) is 0 Å². The lowest BCUT2D eigenvalue weighted by Gasteiger charge is -2.48. The average Bonchev–Trinajstić information content (AvgIpc) is 2.86. The highest BCUT2D eigenvalue weighted by atomic mass is 16.8. The van der Waals surface area contributed by atoms with Crippen molar-refractivity contribution in [2.24, 2.45) is 5.73 Å². The number of nitrogens with two attached hydrogens (primary N) is 1.